The Balaban J connectivity index is 0.000000142. The van der Waals surface area contributed by atoms with Crippen molar-refractivity contribution in [1.82, 2.24) is 53.6 Å². The number of alkyl halides is 2. The molecule has 27 heteroatoms. The average Bonchev–Trinajstić information content (AvgIpc) is 1.63. The topological polar surface area (TPSA) is 257 Å². The Bertz CT molecular complexity index is 6010. The highest BCUT2D eigenvalue weighted by Crippen LogP contribution is 2.37. The molecule has 0 amide bonds. The van der Waals surface area contributed by atoms with Crippen molar-refractivity contribution in [3.63, 3.8) is 0 Å². The zero-order chi connectivity index (χ0) is 88.5. The van der Waals surface area contributed by atoms with Crippen molar-refractivity contribution >= 4 is 104 Å². The van der Waals surface area contributed by atoms with Gasteiger partial charge in [-0.05, 0) is 211 Å². The number of aliphatic hydroxyl groups is 1. The van der Waals surface area contributed by atoms with Crippen LogP contribution in [-0.2, 0) is 27.2 Å². The van der Waals surface area contributed by atoms with Crippen LogP contribution in [0.5, 0.6) is 0 Å². The maximum Gasteiger partial charge on any atom is 0.490 e. The smallest absolute Gasteiger partial charge is 0.443 e. The number of halogens is 3. The molecule has 0 saturated carbocycles. The average molecular weight is 1780 g/mol. The molecule has 0 spiro atoms. The van der Waals surface area contributed by atoms with Crippen LogP contribution < -0.4 is 25.1 Å². The van der Waals surface area contributed by atoms with E-state index in [1.807, 2.05) is 264 Å². The van der Waals surface area contributed by atoms with Gasteiger partial charge in [-0.3, -0.25) is 15.0 Å². The largest absolute Gasteiger partial charge is 0.490 e. The summed E-state index contributed by atoms with van der Waals surface area (Å²) in [6, 6.07) is 62.6. The molecular weight excluding hydrogens is 1680 g/mol. The number of pyridine rings is 8. The van der Waals surface area contributed by atoms with E-state index in [9.17, 15) is 23.5 Å². The summed E-state index contributed by atoms with van der Waals surface area (Å²) < 4.78 is 45.4. The van der Waals surface area contributed by atoms with Crippen molar-refractivity contribution < 1.29 is 47.7 Å². The predicted octanol–water partition coefficient (Wildman–Crippen LogP) is 18.3. The van der Waals surface area contributed by atoms with E-state index in [1.54, 1.807) is 50.6 Å². The lowest BCUT2D eigenvalue weighted by Crippen LogP contribution is -2.30. The molecule has 12 heterocycles. The highest BCUT2D eigenvalue weighted by Gasteiger charge is 2.27. The second kappa shape index (κ2) is 40.8. The van der Waals surface area contributed by atoms with E-state index in [1.165, 1.54) is 34.0 Å². The van der Waals surface area contributed by atoms with Gasteiger partial charge in [0.2, 0.25) is 0 Å². The minimum Gasteiger partial charge on any atom is -0.443 e. The van der Waals surface area contributed by atoms with Crippen molar-refractivity contribution in [1.29, 1.82) is 0 Å². The summed E-state index contributed by atoms with van der Waals surface area (Å²) in [4.78, 5) is 68.2. The molecule has 3 N–H and O–H groups in total. The first kappa shape index (κ1) is 90.3. The number of allylic oxidation sites excluding steroid dienone is 1. The summed E-state index contributed by atoms with van der Waals surface area (Å²) >= 11 is 2.26. The summed E-state index contributed by atoms with van der Waals surface area (Å²) in [6.07, 6.45) is 22.8. The van der Waals surface area contributed by atoms with Crippen molar-refractivity contribution in [3.8, 4) is 78.4 Å². The lowest BCUT2D eigenvalue weighted by atomic mass is 9.82. The number of benzene rings is 4. The minimum absolute atomic E-state index is 0.0324. The molecule has 1 fully saturated rings. The molecule has 1 saturated heterocycles. The van der Waals surface area contributed by atoms with Crippen LogP contribution >= 0.6 is 22.6 Å². The molecule has 4 aliphatic rings. The number of fused-ring (bicyclic) bond motifs is 4. The van der Waals surface area contributed by atoms with Crippen molar-refractivity contribution in [3.05, 3.63) is 283 Å². The Labute approximate surface area is 735 Å². The fourth-order valence-electron chi connectivity index (χ4n) is 13.1. The van der Waals surface area contributed by atoms with E-state index in [4.69, 9.17) is 24.5 Å². The Morgan fingerprint density at radius 2 is 0.911 bits per heavy atom. The number of hydrogen-bond donors (Lipinski definition) is 3. The van der Waals surface area contributed by atoms with Crippen LogP contribution in [0.15, 0.2) is 262 Å². The first-order chi connectivity index (χ1) is 59.3. The number of aliphatic hydroxyl groups excluding tert-OH is 1. The number of hydrogen-bond acceptors (Lipinski definition) is 20. The van der Waals surface area contributed by atoms with Gasteiger partial charge in [-0.2, -0.15) is 0 Å². The normalized spacial score (nSPS) is 12.7. The number of anilines is 4. The number of carbonyl (C=O) groups is 2. The lowest BCUT2D eigenvalue weighted by Gasteiger charge is -2.21. The standard InChI is InChI=1S/C25H26N4O2.C23H23FN4O.C21H19N3.C18H17IN2O2.C7H11BN2O2.C3H5FO/c1-25(2,3)31-24(30)29-21(14-19-12-13-26-16-22(19)29)18-8-6-17(7-9-18)20-10-11-23(27-15-20)28(4)5;1-27(2)23-8-7-19(13-25-23)16-3-5-17(6-4-16)21-11-18-9-10-28(14-20(29)12-24)15-22(18)26-21;1-24(2)21-8-7-18(14-23-21)15-3-5-16(6-4-15)19-11-17-9-10-22-13-20(17)12-19;1-18(2,3)23-17(22)21-15(12-4-6-14(19)7-5-12)10-13-8-9-20-11-16(13)21;1-10(2)7-4-3-6(5-9-7)8(11)12;4-1-3-2-5-3/h6-16H,1-5H3;3-11,13,15,20,29H,12,14H2,1-2H3;3-11,13-14H,12H2,1-2H3;4-11H,1-3H3;3-5,11-12H,1-2H3;3H,1-2H2. The minimum atomic E-state index is -1.44. The van der Waals surface area contributed by atoms with E-state index in [0.717, 1.165) is 128 Å². The van der Waals surface area contributed by atoms with E-state index >= 15 is 0 Å². The molecule has 3 aliphatic heterocycles. The Hall–Kier alpha value is -12.9. The molecule has 1 aliphatic carbocycles. The molecule has 2 unspecified atom stereocenters. The Kier molecular flexibility index (Phi) is 29.7. The van der Waals surface area contributed by atoms with Gasteiger partial charge < -0.3 is 53.5 Å². The monoisotopic (exact) mass is 1780 g/mol. The number of aromatic nitrogens is 11. The van der Waals surface area contributed by atoms with Crippen LogP contribution in [0.1, 0.15) is 58.2 Å². The first-order valence-corrected chi connectivity index (χ1v) is 41.3. The highest BCUT2D eigenvalue weighted by atomic mass is 127. The van der Waals surface area contributed by atoms with Gasteiger partial charge in [-0.25, -0.2) is 52.4 Å². The van der Waals surface area contributed by atoms with Gasteiger partial charge in [0.25, 0.3) is 0 Å². The van der Waals surface area contributed by atoms with Gasteiger partial charge in [0.15, 0.2) is 0 Å². The molecule has 0 radical (unpaired) electrons. The van der Waals surface area contributed by atoms with E-state index in [0.29, 0.717) is 12.1 Å². The summed E-state index contributed by atoms with van der Waals surface area (Å²) in [5, 5.41) is 28.9. The summed E-state index contributed by atoms with van der Waals surface area (Å²) in [5.41, 5.74) is 19.7. The zero-order valence-electron chi connectivity index (χ0n) is 71.9. The molecule has 9 aromatic heterocycles. The third kappa shape index (κ3) is 24.1. The van der Waals surface area contributed by atoms with E-state index in [-0.39, 0.29) is 19.3 Å². The van der Waals surface area contributed by atoms with Gasteiger partial charge in [-0.1, -0.05) is 97.1 Å². The van der Waals surface area contributed by atoms with E-state index < -0.39 is 43.3 Å². The number of nitrogens with zero attached hydrogens (tertiary/aromatic N) is 15. The molecular formula is C97H101BF2IN15O8. The lowest BCUT2D eigenvalue weighted by molar-refractivity contribution is 0.0535. The molecule has 23 nitrogen and oxygen atoms in total. The SMILES string of the molecule is CC(C)(C)OC(=O)n1c(-c2ccc(I)cc2)cc2ccncc21.CN(C)c1ccc(-c2ccc(-c3cc4ccn(CC(O)CF)cc-4n3)cc2)cn1.CN(C)c1ccc(-c2ccc(-c3cc4ccncc4n3C(=O)OC(C)(C)C)cc2)cn1.CN(C)c1ccc(-c2ccc(C3=Cc4ccncc4C3)cc2)cn1.CN(C)c1ccc(B(O)O)cn1.FCC1CO1. The third-order valence-corrected chi connectivity index (χ3v) is 20.4. The molecule has 13 aromatic rings. The summed E-state index contributed by atoms with van der Waals surface area (Å²) in [6.45, 7) is 10.9. The molecule has 636 valence electrons. The van der Waals surface area contributed by atoms with Crippen LogP contribution in [0.2, 0.25) is 0 Å². The summed E-state index contributed by atoms with van der Waals surface area (Å²) in [5.74, 6) is 3.60. The second-order valence-corrected chi connectivity index (χ2v) is 33.6. The zero-order valence-corrected chi connectivity index (χ0v) is 74.1. The van der Waals surface area contributed by atoms with Crippen LogP contribution in [0.4, 0.5) is 41.6 Å². The number of carbonyl (C=O) groups excluding carboxylic acids is 2. The van der Waals surface area contributed by atoms with Crippen LogP contribution in [0, 0.1) is 3.57 Å². The molecule has 0 bridgehead atoms. The van der Waals surface area contributed by atoms with Crippen molar-refractivity contribution in [2.75, 3.05) is 95.9 Å². The maximum atomic E-state index is 13.0. The molecule has 124 heavy (non-hydrogen) atoms. The second-order valence-electron chi connectivity index (χ2n) is 32.4. The number of ether oxygens (including phenoxy) is 3. The quantitative estimate of drug-likeness (QED) is 0.0461. The Morgan fingerprint density at radius 3 is 1.30 bits per heavy atom. The number of rotatable bonds is 16. The van der Waals surface area contributed by atoms with Crippen LogP contribution in [-0.4, -0.2) is 188 Å². The van der Waals surface area contributed by atoms with Crippen LogP contribution in [0.3, 0.4) is 0 Å². The number of epoxide rings is 1. The third-order valence-electron chi connectivity index (χ3n) is 19.7. The fraction of sp³-hybridized carbons (Fsp3) is 0.237. The van der Waals surface area contributed by atoms with Gasteiger partial charge in [0, 0.05) is 172 Å². The highest BCUT2D eigenvalue weighted by molar-refractivity contribution is 14.1. The first-order valence-electron chi connectivity index (χ1n) is 40.2. The molecule has 2 atom stereocenters. The van der Waals surface area contributed by atoms with Gasteiger partial charge in [0.1, 0.15) is 60.0 Å². The maximum absolute atomic E-state index is 13.0. The van der Waals surface area contributed by atoms with Gasteiger partial charge in [0.05, 0.1) is 59.4 Å². The summed E-state index contributed by atoms with van der Waals surface area (Å²) in [7, 11) is 14.2. The fourth-order valence-corrected chi connectivity index (χ4v) is 13.5. The van der Waals surface area contributed by atoms with Gasteiger partial charge >= 0.3 is 19.3 Å². The van der Waals surface area contributed by atoms with Crippen LogP contribution in [0.25, 0.3) is 112 Å². The van der Waals surface area contributed by atoms with Gasteiger partial charge in [-0.15, -0.1) is 0 Å². The van der Waals surface area contributed by atoms with E-state index in [2.05, 4.69) is 141 Å². The molecule has 17 rings (SSSR count). The predicted molar refractivity (Wildman–Crippen MR) is 502 cm³/mol. The molecule has 4 aromatic carbocycles. The van der Waals surface area contributed by atoms with Crippen molar-refractivity contribution in [2.24, 2.45) is 0 Å². The Morgan fingerprint density at radius 1 is 0.500 bits per heavy atom. The van der Waals surface area contributed by atoms with Crippen molar-refractivity contribution in [2.45, 2.75) is 77.9 Å².